The first-order valence-electron chi connectivity index (χ1n) is 24.6. The average Bonchev–Trinajstić information content (AvgIpc) is 3.62. The van der Waals surface area contributed by atoms with Crippen LogP contribution in [0.4, 0.5) is 0 Å². The molecule has 6 aliphatic heterocycles. The SMILES string of the molecule is CC[C@H](C)[C@H]1O[C@]2(C=C[C@@H]1C)C[C@@H]1C[C@@H](C/C=C(\C)[C@@H](O[C@H]3C[C@H](OC)[C@@H](O[C@H]4C[C@H](OC)[C@@H](OC(C)=O)[C@H](C)O4)[C@H](C)O3)[C@@H](C)/C=C/C=C3\CO[C@@H]4[C@H](OC(C)=O)C(C)=C[C@@H](C(=O)O1)[C@]34O)O2. The van der Waals surface area contributed by atoms with Crippen molar-refractivity contribution >= 4 is 17.9 Å². The first kappa shape index (κ1) is 52.5. The molecule has 7 rings (SSSR count). The van der Waals surface area contributed by atoms with Gasteiger partial charge in [0.2, 0.25) is 0 Å². The zero-order chi connectivity index (χ0) is 49.2. The summed E-state index contributed by atoms with van der Waals surface area (Å²) in [5, 5.41) is 12.8. The minimum absolute atomic E-state index is 0.00313. The number of rotatable bonds is 10. The van der Waals surface area contributed by atoms with E-state index in [0.717, 1.165) is 12.0 Å². The van der Waals surface area contributed by atoms with Crippen molar-refractivity contribution in [1.29, 1.82) is 0 Å². The smallest absolute Gasteiger partial charge is 0.316 e. The third-order valence-corrected chi connectivity index (χ3v) is 15.0. The lowest BCUT2D eigenvalue weighted by Crippen LogP contribution is -2.58. The highest BCUT2D eigenvalue weighted by Gasteiger charge is 2.61. The van der Waals surface area contributed by atoms with Crippen LogP contribution >= 0.6 is 0 Å². The van der Waals surface area contributed by atoms with Crippen molar-refractivity contribution in [3.63, 3.8) is 0 Å². The van der Waals surface area contributed by atoms with Gasteiger partial charge in [-0.1, -0.05) is 70.6 Å². The third kappa shape index (κ3) is 11.2. The molecule has 1 aliphatic carbocycles. The monoisotopic (exact) mass is 957 g/mol. The molecule has 16 heteroatoms. The number of methoxy groups -OCH3 is 2. The molecule has 0 amide bonds. The summed E-state index contributed by atoms with van der Waals surface area (Å²) in [6.45, 7) is 18.7. The van der Waals surface area contributed by atoms with Crippen LogP contribution in [-0.2, 0) is 71.2 Å². The second kappa shape index (κ2) is 22.0. The number of esters is 3. The van der Waals surface area contributed by atoms with Crippen molar-refractivity contribution in [1.82, 2.24) is 0 Å². The quantitative estimate of drug-likeness (QED) is 0.142. The van der Waals surface area contributed by atoms with E-state index >= 15 is 0 Å². The van der Waals surface area contributed by atoms with E-state index in [1.165, 1.54) is 13.8 Å². The predicted molar refractivity (Wildman–Crippen MR) is 246 cm³/mol. The number of hydrogen-bond donors (Lipinski definition) is 1. The fraction of sp³-hybridized carbons (Fsp3) is 0.750. The van der Waals surface area contributed by atoms with Gasteiger partial charge in [0.1, 0.15) is 35.9 Å². The highest BCUT2D eigenvalue weighted by atomic mass is 16.7. The van der Waals surface area contributed by atoms with Crippen molar-refractivity contribution in [3.05, 3.63) is 59.3 Å². The van der Waals surface area contributed by atoms with E-state index in [9.17, 15) is 19.5 Å². The largest absolute Gasteiger partial charge is 0.462 e. The molecule has 380 valence electrons. The Kier molecular flexibility index (Phi) is 17.0. The fourth-order valence-corrected chi connectivity index (χ4v) is 11.2. The maximum absolute atomic E-state index is 14.6. The molecule has 4 fully saturated rings. The molecule has 0 saturated carbocycles. The Morgan fingerprint density at radius 3 is 2.16 bits per heavy atom. The Morgan fingerprint density at radius 1 is 0.838 bits per heavy atom. The van der Waals surface area contributed by atoms with Crippen LogP contribution < -0.4 is 0 Å². The molecule has 0 aromatic heterocycles. The molecular formula is C52H76O16. The number of carbonyl (C=O) groups is 3. The highest BCUT2D eigenvalue weighted by Crippen LogP contribution is 2.48. The van der Waals surface area contributed by atoms with Crippen LogP contribution in [0, 0.1) is 23.7 Å². The molecule has 6 heterocycles. The van der Waals surface area contributed by atoms with Gasteiger partial charge >= 0.3 is 17.9 Å². The van der Waals surface area contributed by atoms with Crippen LogP contribution in [0.1, 0.15) is 108 Å². The molecule has 68 heavy (non-hydrogen) atoms. The van der Waals surface area contributed by atoms with Crippen LogP contribution in [0.15, 0.2) is 59.3 Å². The van der Waals surface area contributed by atoms with E-state index in [1.54, 1.807) is 33.3 Å². The minimum Gasteiger partial charge on any atom is -0.462 e. The van der Waals surface area contributed by atoms with Gasteiger partial charge < -0.3 is 61.9 Å². The van der Waals surface area contributed by atoms with Crippen molar-refractivity contribution in [3.8, 4) is 0 Å². The van der Waals surface area contributed by atoms with Crippen LogP contribution in [-0.4, -0.2) is 141 Å². The van der Waals surface area contributed by atoms with Gasteiger partial charge in [0.25, 0.3) is 0 Å². The first-order chi connectivity index (χ1) is 32.3. The number of aliphatic hydroxyl groups is 1. The maximum Gasteiger partial charge on any atom is 0.316 e. The van der Waals surface area contributed by atoms with Crippen LogP contribution in [0.25, 0.3) is 0 Å². The lowest BCUT2D eigenvalue weighted by molar-refractivity contribution is -0.319. The standard InChI is InChI=1S/C52H76O16/c1-13-27(2)45-30(5)19-20-51(68-45)25-38-22-37(67-51)18-17-29(4)44(28(3)15-14-16-36-26-59-49-46(62-34(9)53)31(6)21-39(50(55)64-38)52(36,49)56)65-42-24-41(58-12)48(33(8)61-42)66-43-23-40(57-11)47(32(7)60-43)63-35(10)54/h14-17,19-21,27-28,30,32-33,37-49,56H,13,18,22-26H2,1-12H3/b15-14+,29-17+,36-16+/t27-,28-,30-,32-,33-,37+,38-,39-,40-,41-,42-,43-,44-,45+,46+,47-,48-,49+,51+,52+/m0/s1. The number of hydrogen-bond acceptors (Lipinski definition) is 16. The molecule has 1 spiro atoms. The molecule has 4 saturated heterocycles. The molecule has 0 aromatic carbocycles. The molecular weight excluding hydrogens is 881 g/mol. The van der Waals surface area contributed by atoms with Gasteiger partial charge in [-0.15, -0.1) is 0 Å². The summed E-state index contributed by atoms with van der Waals surface area (Å²) in [5.41, 5.74) is 0.0831. The van der Waals surface area contributed by atoms with E-state index in [0.29, 0.717) is 36.8 Å². The van der Waals surface area contributed by atoms with Crippen LogP contribution in [0.5, 0.6) is 0 Å². The van der Waals surface area contributed by atoms with E-state index in [-0.39, 0.29) is 36.9 Å². The Bertz CT molecular complexity index is 1960. The van der Waals surface area contributed by atoms with E-state index in [4.69, 9.17) is 56.8 Å². The van der Waals surface area contributed by atoms with Gasteiger partial charge in [-0.3, -0.25) is 14.4 Å². The first-order valence-corrected chi connectivity index (χ1v) is 24.6. The highest BCUT2D eigenvalue weighted by molar-refractivity contribution is 5.79. The summed E-state index contributed by atoms with van der Waals surface area (Å²) >= 11 is 0. The van der Waals surface area contributed by atoms with Gasteiger partial charge in [-0.25, -0.2) is 0 Å². The van der Waals surface area contributed by atoms with Crippen molar-refractivity contribution in [2.24, 2.45) is 23.7 Å². The summed E-state index contributed by atoms with van der Waals surface area (Å²) in [7, 11) is 3.21. The molecule has 7 aliphatic rings. The van der Waals surface area contributed by atoms with Gasteiger partial charge in [0.15, 0.2) is 30.6 Å². The Morgan fingerprint density at radius 2 is 1.50 bits per heavy atom. The van der Waals surface area contributed by atoms with Crippen molar-refractivity contribution in [2.45, 2.75) is 205 Å². The Balaban J connectivity index is 1.18. The lowest BCUT2D eigenvalue weighted by Gasteiger charge is -2.48. The van der Waals surface area contributed by atoms with E-state index < -0.39 is 115 Å². The zero-order valence-electron chi connectivity index (χ0n) is 42.0. The lowest BCUT2D eigenvalue weighted by atomic mass is 9.70. The normalized spacial score (nSPS) is 45.6. The zero-order valence-corrected chi connectivity index (χ0v) is 42.0. The van der Waals surface area contributed by atoms with Crippen molar-refractivity contribution in [2.75, 3.05) is 20.8 Å². The molecule has 0 aromatic rings. The minimum atomic E-state index is -1.89. The molecule has 16 nitrogen and oxygen atoms in total. The second-order valence-electron chi connectivity index (χ2n) is 20.1. The molecule has 2 bridgehead atoms. The summed E-state index contributed by atoms with van der Waals surface area (Å²) in [6.07, 6.45) is 8.36. The molecule has 0 unspecified atom stereocenters. The van der Waals surface area contributed by atoms with E-state index in [1.807, 2.05) is 45.9 Å². The summed E-state index contributed by atoms with van der Waals surface area (Å²) < 4.78 is 75.8. The number of ether oxygens (including phenoxy) is 12. The van der Waals surface area contributed by atoms with Gasteiger partial charge in [0, 0.05) is 65.6 Å². The second-order valence-corrected chi connectivity index (χ2v) is 20.1. The van der Waals surface area contributed by atoms with Crippen LogP contribution in [0.2, 0.25) is 0 Å². The number of allylic oxidation sites excluding steroid dienone is 2. The van der Waals surface area contributed by atoms with Crippen LogP contribution in [0.3, 0.4) is 0 Å². The topological polar surface area (TPSA) is 182 Å². The summed E-state index contributed by atoms with van der Waals surface area (Å²) in [6, 6.07) is 0. The summed E-state index contributed by atoms with van der Waals surface area (Å²) in [5.74, 6) is -3.70. The summed E-state index contributed by atoms with van der Waals surface area (Å²) in [4.78, 5) is 38.7. The number of carbonyl (C=O) groups excluding carboxylic acids is 3. The van der Waals surface area contributed by atoms with Gasteiger partial charge in [0.05, 0.1) is 43.2 Å². The maximum atomic E-state index is 14.6. The van der Waals surface area contributed by atoms with Gasteiger partial charge in [-0.2, -0.15) is 0 Å². The Hall–Kier alpha value is -3.29. The average molecular weight is 957 g/mol. The third-order valence-electron chi connectivity index (χ3n) is 15.0. The van der Waals surface area contributed by atoms with Crippen molar-refractivity contribution < 1.29 is 76.3 Å². The fourth-order valence-electron chi connectivity index (χ4n) is 11.2. The predicted octanol–water partition coefficient (Wildman–Crippen LogP) is 6.52. The molecule has 0 radical (unpaired) electrons. The van der Waals surface area contributed by atoms with E-state index in [2.05, 4.69) is 32.9 Å². The number of fused-ring (bicyclic) bond motifs is 2. The Labute approximate surface area is 402 Å². The molecule has 1 N–H and O–H groups in total. The molecule has 20 atom stereocenters. The van der Waals surface area contributed by atoms with Gasteiger partial charge in [-0.05, 0) is 62.8 Å².